The maximum Gasteiger partial charge on any atom is 0.490 e. The summed E-state index contributed by atoms with van der Waals surface area (Å²) in [6, 6.07) is 20.6. The molecule has 0 radical (unpaired) electrons. The van der Waals surface area contributed by atoms with Crippen molar-refractivity contribution in [3.8, 4) is 11.4 Å². The van der Waals surface area contributed by atoms with Crippen LogP contribution in [0.25, 0.3) is 5.69 Å². The Kier molecular flexibility index (Phi) is 9.86. The van der Waals surface area contributed by atoms with Gasteiger partial charge in [0.25, 0.3) is 5.91 Å². The molecule has 9 nitrogen and oxygen atoms in total. The summed E-state index contributed by atoms with van der Waals surface area (Å²) < 4.78 is 38.7. The van der Waals surface area contributed by atoms with Crippen molar-refractivity contribution < 1.29 is 37.4 Å². The van der Waals surface area contributed by atoms with Crippen LogP contribution in [-0.4, -0.2) is 46.0 Å². The number of benzene rings is 3. The smallest absolute Gasteiger partial charge is 0.490 e. The number of carbonyl (C=O) groups excluding carboxylic acids is 2. The second-order valence-electron chi connectivity index (χ2n) is 8.85. The molecule has 0 fully saturated rings. The predicted molar refractivity (Wildman–Crippen MR) is 146 cm³/mol. The van der Waals surface area contributed by atoms with Crippen LogP contribution >= 0.6 is 0 Å². The molecule has 0 aliphatic heterocycles. The summed E-state index contributed by atoms with van der Waals surface area (Å²) in [6.45, 7) is 3.91. The first-order valence-electron chi connectivity index (χ1n) is 12.1. The number of aliphatic carboxylic acids is 1. The molecule has 0 saturated carbocycles. The number of rotatable bonds is 7. The number of nitrogens with one attached hydrogen (secondary N) is 2. The zero-order valence-corrected chi connectivity index (χ0v) is 22.3. The minimum atomic E-state index is -5.08. The van der Waals surface area contributed by atoms with Crippen LogP contribution in [0.1, 0.15) is 27.0 Å². The second-order valence-corrected chi connectivity index (χ2v) is 8.85. The fraction of sp³-hybridized carbons (Fsp3) is 0.172. The lowest BCUT2D eigenvalue weighted by Crippen LogP contribution is -2.21. The molecule has 0 unspecified atom stereocenters. The number of hydrogen-bond acceptors (Lipinski definition) is 5. The zero-order valence-electron chi connectivity index (χ0n) is 22.3. The SMILES string of the molecule is COc1cccc(C)c1NC(=O)c1cccc(-n2cc(NC(=O)Cc3cccc(C)c3)cn2)c1.O=C(O)C(F)(F)F. The Balaban J connectivity index is 0.000000587. The normalized spacial score (nSPS) is 10.7. The van der Waals surface area contributed by atoms with Crippen molar-refractivity contribution in [3.63, 3.8) is 0 Å². The summed E-state index contributed by atoms with van der Waals surface area (Å²) in [5.41, 5.74) is 5.36. The fourth-order valence-corrected chi connectivity index (χ4v) is 3.69. The van der Waals surface area contributed by atoms with Gasteiger partial charge >= 0.3 is 12.1 Å². The first-order valence-corrected chi connectivity index (χ1v) is 12.1. The highest BCUT2D eigenvalue weighted by Gasteiger charge is 2.38. The number of carboxylic acids is 1. The van der Waals surface area contributed by atoms with Gasteiger partial charge in [-0.15, -0.1) is 0 Å². The number of anilines is 2. The van der Waals surface area contributed by atoms with Crippen LogP contribution in [0, 0.1) is 13.8 Å². The molecule has 4 rings (SSSR count). The molecule has 214 valence electrons. The van der Waals surface area contributed by atoms with E-state index < -0.39 is 12.1 Å². The molecular formula is C29H27F3N4O5. The first-order chi connectivity index (χ1) is 19.4. The Labute approximate surface area is 233 Å². The highest BCUT2D eigenvalue weighted by Crippen LogP contribution is 2.28. The van der Waals surface area contributed by atoms with Crippen molar-refractivity contribution in [1.82, 2.24) is 9.78 Å². The molecule has 3 N–H and O–H groups in total. The molecule has 4 aromatic rings. The molecule has 3 aromatic carbocycles. The summed E-state index contributed by atoms with van der Waals surface area (Å²) in [5.74, 6) is -2.53. The first kappa shape index (κ1) is 30.4. The van der Waals surface area contributed by atoms with Gasteiger partial charge in [-0.05, 0) is 49.2 Å². The van der Waals surface area contributed by atoms with Gasteiger partial charge in [-0.2, -0.15) is 18.3 Å². The minimum Gasteiger partial charge on any atom is -0.495 e. The monoisotopic (exact) mass is 568 g/mol. The average Bonchev–Trinajstić information content (AvgIpc) is 3.38. The van der Waals surface area contributed by atoms with Crippen LogP contribution in [0.5, 0.6) is 5.75 Å². The Morgan fingerprint density at radius 3 is 2.32 bits per heavy atom. The molecule has 12 heteroatoms. The van der Waals surface area contributed by atoms with Crippen LogP contribution in [0.2, 0.25) is 0 Å². The number of ether oxygens (including phenoxy) is 1. The van der Waals surface area contributed by atoms with Gasteiger partial charge in [0.15, 0.2) is 0 Å². The van der Waals surface area contributed by atoms with Crippen molar-refractivity contribution in [2.24, 2.45) is 0 Å². The van der Waals surface area contributed by atoms with Crippen LogP contribution in [0.3, 0.4) is 0 Å². The van der Waals surface area contributed by atoms with E-state index in [1.54, 1.807) is 48.5 Å². The summed E-state index contributed by atoms with van der Waals surface area (Å²) >= 11 is 0. The lowest BCUT2D eigenvalue weighted by atomic mass is 10.1. The van der Waals surface area contributed by atoms with Crippen LogP contribution in [0.4, 0.5) is 24.5 Å². The maximum atomic E-state index is 12.9. The minimum absolute atomic E-state index is 0.120. The van der Waals surface area contributed by atoms with Gasteiger partial charge in [-0.1, -0.05) is 48.0 Å². The number of methoxy groups -OCH3 is 1. The number of alkyl halides is 3. The van der Waals surface area contributed by atoms with Crippen molar-refractivity contribution in [2.75, 3.05) is 17.7 Å². The molecule has 0 saturated heterocycles. The van der Waals surface area contributed by atoms with E-state index in [4.69, 9.17) is 14.6 Å². The van der Waals surface area contributed by atoms with E-state index in [9.17, 15) is 22.8 Å². The summed E-state index contributed by atoms with van der Waals surface area (Å²) in [7, 11) is 1.57. The molecule has 1 heterocycles. The average molecular weight is 569 g/mol. The second kappa shape index (κ2) is 13.3. The number of aromatic nitrogens is 2. The number of amides is 2. The standard InChI is InChI=1S/C27H26N4O3.C2HF3O2/c1-18-7-4-9-20(13-18)14-25(32)29-22-16-28-31(17-22)23-11-6-10-21(15-23)27(33)30-26-19(2)8-5-12-24(26)34-3;3-2(4,5)1(6)7/h4-13,15-17H,14H2,1-3H3,(H,29,32)(H,30,33);(H,6,7). The van der Waals surface area contributed by atoms with Crippen LogP contribution in [-0.2, 0) is 16.0 Å². The molecule has 0 bridgehead atoms. The number of hydrogen-bond donors (Lipinski definition) is 3. The summed E-state index contributed by atoms with van der Waals surface area (Å²) in [5, 5.41) is 17.3. The van der Waals surface area contributed by atoms with Crippen molar-refractivity contribution in [1.29, 1.82) is 0 Å². The zero-order chi connectivity index (χ0) is 30.2. The Morgan fingerprint density at radius 1 is 0.976 bits per heavy atom. The molecule has 0 atom stereocenters. The molecular weight excluding hydrogens is 541 g/mol. The van der Waals surface area contributed by atoms with Gasteiger partial charge in [-0.3, -0.25) is 9.59 Å². The topological polar surface area (TPSA) is 123 Å². The number of aryl methyl sites for hydroxylation is 2. The van der Waals surface area contributed by atoms with Gasteiger partial charge in [-0.25, -0.2) is 9.48 Å². The third-order valence-corrected chi connectivity index (χ3v) is 5.62. The number of nitrogens with zero attached hydrogens (tertiary/aromatic N) is 2. The summed E-state index contributed by atoms with van der Waals surface area (Å²) in [4.78, 5) is 34.2. The molecule has 0 aliphatic carbocycles. The van der Waals surface area contributed by atoms with Gasteiger partial charge < -0.3 is 20.5 Å². The molecule has 41 heavy (non-hydrogen) atoms. The molecule has 0 aliphatic rings. The Hall–Kier alpha value is -5.13. The largest absolute Gasteiger partial charge is 0.495 e. The Bertz CT molecular complexity index is 1550. The molecule has 1 aromatic heterocycles. The van der Waals surface area contributed by atoms with Crippen LogP contribution < -0.4 is 15.4 Å². The van der Waals surface area contributed by atoms with Gasteiger partial charge in [0.1, 0.15) is 5.75 Å². The molecule has 0 spiro atoms. The van der Waals surface area contributed by atoms with Crippen molar-refractivity contribution >= 4 is 29.2 Å². The Morgan fingerprint density at radius 2 is 1.66 bits per heavy atom. The highest BCUT2D eigenvalue weighted by atomic mass is 19.4. The van der Waals surface area contributed by atoms with E-state index >= 15 is 0 Å². The van der Waals surface area contributed by atoms with E-state index in [1.807, 2.05) is 56.3 Å². The van der Waals surface area contributed by atoms with Gasteiger partial charge in [0, 0.05) is 5.56 Å². The quantitative estimate of drug-likeness (QED) is 0.268. The van der Waals surface area contributed by atoms with E-state index in [0.717, 1.165) is 16.7 Å². The third kappa shape index (κ3) is 8.68. The van der Waals surface area contributed by atoms with Gasteiger partial charge in [0.2, 0.25) is 5.91 Å². The lowest BCUT2D eigenvalue weighted by molar-refractivity contribution is -0.192. The maximum absolute atomic E-state index is 12.9. The third-order valence-electron chi connectivity index (χ3n) is 5.62. The number of carboxylic acid groups (broad SMARTS) is 1. The number of para-hydroxylation sites is 1. The van der Waals surface area contributed by atoms with Crippen LogP contribution in [0.15, 0.2) is 79.1 Å². The lowest BCUT2D eigenvalue weighted by Gasteiger charge is -2.13. The number of halogens is 3. The van der Waals surface area contributed by atoms with Crippen molar-refractivity contribution in [2.45, 2.75) is 26.4 Å². The predicted octanol–water partition coefficient (Wildman–Crippen LogP) is 5.56. The summed E-state index contributed by atoms with van der Waals surface area (Å²) in [6.07, 6.45) is -1.50. The fourth-order valence-electron chi connectivity index (χ4n) is 3.69. The van der Waals surface area contributed by atoms with Gasteiger partial charge in [0.05, 0.1) is 43.0 Å². The van der Waals surface area contributed by atoms with Crippen molar-refractivity contribution in [3.05, 3.63) is 101 Å². The van der Waals surface area contributed by atoms with E-state index in [2.05, 4.69) is 15.7 Å². The molecule has 2 amide bonds. The number of carbonyl (C=O) groups is 3. The van der Waals surface area contributed by atoms with E-state index in [-0.39, 0.29) is 18.2 Å². The highest BCUT2D eigenvalue weighted by molar-refractivity contribution is 6.05. The van der Waals surface area contributed by atoms with E-state index in [1.165, 1.54) is 0 Å². The van der Waals surface area contributed by atoms with E-state index in [0.29, 0.717) is 28.4 Å².